The summed E-state index contributed by atoms with van der Waals surface area (Å²) in [7, 11) is 0. The van der Waals surface area contributed by atoms with Crippen molar-refractivity contribution in [2.24, 2.45) is 23.7 Å². The molecule has 0 heterocycles. The Kier molecular flexibility index (Phi) is 7.02. The summed E-state index contributed by atoms with van der Waals surface area (Å²) in [6, 6.07) is 0. The fourth-order valence-corrected chi connectivity index (χ4v) is 5.42. The topological polar surface area (TPSA) is 0 Å². The lowest BCUT2D eigenvalue weighted by Crippen LogP contribution is -2.19. The van der Waals surface area contributed by atoms with E-state index >= 15 is 0 Å². The number of allylic oxidation sites excluding steroid dienone is 4. The molecule has 0 heteroatoms. The lowest BCUT2D eigenvalue weighted by molar-refractivity contribution is 0.210. The molecular formula is C25H40. The minimum Gasteiger partial charge on any atom is -0.0999 e. The van der Waals surface area contributed by atoms with Crippen LogP contribution in [0.5, 0.6) is 0 Å². The van der Waals surface area contributed by atoms with Crippen molar-refractivity contribution in [3.05, 3.63) is 36.0 Å². The molecule has 0 spiro atoms. The van der Waals surface area contributed by atoms with Crippen LogP contribution >= 0.6 is 0 Å². The van der Waals surface area contributed by atoms with E-state index in [1.807, 2.05) is 0 Å². The molecule has 0 N–H and O–H groups in total. The number of fused-ring (bicyclic) bond motifs is 1. The fourth-order valence-electron chi connectivity index (χ4n) is 5.42. The van der Waals surface area contributed by atoms with Gasteiger partial charge in [0.05, 0.1) is 0 Å². The normalized spacial score (nSPS) is 31.2. The van der Waals surface area contributed by atoms with Crippen LogP contribution in [0.1, 0.15) is 96.8 Å². The summed E-state index contributed by atoms with van der Waals surface area (Å²) >= 11 is 0. The Morgan fingerprint density at radius 2 is 1.68 bits per heavy atom. The van der Waals surface area contributed by atoms with Gasteiger partial charge in [0, 0.05) is 0 Å². The summed E-state index contributed by atoms with van der Waals surface area (Å²) in [5.41, 5.74) is 4.59. The highest BCUT2D eigenvalue weighted by molar-refractivity contribution is 5.20. The van der Waals surface area contributed by atoms with Gasteiger partial charge in [-0.15, -0.1) is 0 Å². The molecule has 0 aromatic heterocycles. The summed E-state index contributed by atoms with van der Waals surface area (Å²) < 4.78 is 0. The quantitative estimate of drug-likeness (QED) is 0.353. The highest BCUT2D eigenvalue weighted by Gasteiger charge is 2.38. The molecule has 2 saturated carbocycles. The largest absolute Gasteiger partial charge is 0.0999 e. The van der Waals surface area contributed by atoms with E-state index in [1.54, 1.807) is 5.57 Å². The molecule has 0 aromatic carbocycles. The van der Waals surface area contributed by atoms with E-state index in [4.69, 9.17) is 0 Å². The summed E-state index contributed by atoms with van der Waals surface area (Å²) in [5.74, 6) is 4.07. The Morgan fingerprint density at radius 1 is 0.960 bits per heavy atom. The molecule has 0 radical (unpaired) electrons. The van der Waals surface area contributed by atoms with Gasteiger partial charge in [-0.25, -0.2) is 0 Å². The fraction of sp³-hybridized carbons (Fsp3) is 0.760. The van der Waals surface area contributed by atoms with Gasteiger partial charge < -0.3 is 0 Å². The predicted molar refractivity (Wildman–Crippen MR) is 111 cm³/mol. The van der Waals surface area contributed by atoms with Crippen molar-refractivity contribution in [1.82, 2.24) is 0 Å². The maximum absolute atomic E-state index is 4.39. The first-order valence-corrected chi connectivity index (χ1v) is 11.2. The van der Waals surface area contributed by atoms with Gasteiger partial charge in [0.25, 0.3) is 0 Å². The molecule has 3 aliphatic rings. The van der Waals surface area contributed by atoms with Gasteiger partial charge in [0.1, 0.15) is 0 Å². The van der Waals surface area contributed by atoms with E-state index in [2.05, 4.69) is 26.2 Å². The third-order valence-electron chi connectivity index (χ3n) is 7.21. The molecule has 0 aliphatic heterocycles. The van der Waals surface area contributed by atoms with Gasteiger partial charge in [-0.2, -0.15) is 0 Å². The lowest BCUT2D eigenvalue weighted by atomic mass is 9.74. The molecule has 0 amide bonds. The van der Waals surface area contributed by atoms with Crippen molar-refractivity contribution in [3.63, 3.8) is 0 Å². The standard InChI is InChI=1S/C25H40/c1-4-7-22-8-5-6-9-23(22)14-12-19(2)10-11-20(3)16-21-13-15-24-18-25(24)17-21/h13,22-25H,2-12,14-18H2,1H3. The Labute approximate surface area is 156 Å². The molecule has 0 bridgehead atoms. The zero-order chi connectivity index (χ0) is 17.6. The van der Waals surface area contributed by atoms with Crippen LogP contribution in [0.15, 0.2) is 36.0 Å². The van der Waals surface area contributed by atoms with E-state index in [1.165, 1.54) is 88.2 Å². The summed E-state index contributed by atoms with van der Waals surface area (Å²) in [5, 5.41) is 0. The second-order valence-corrected chi connectivity index (χ2v) is 9.37. The first kappa shape index (κ1) is 19.0. The van der Waals surface area contributed by atoms with Crippen LogP contribution in [0, 0.1) is 23.7 Å². The van der Waals surface area contributed by atoms with Gasteiger partial charge >= 0.3 is 0 Å². The molecule has 2 fully saturated rings. The minimum atomic E-state index is 0.979. The van der Waals surface area contributed by atoms with Gasteiger partial charge in [-0.05, 0) is 75.0 Å². The van der Waals surface area contributed by atoms with Crippen molar-refractivity contribution in [3.8, 4) is 0 Å². The second kappa shape index (κ2) is 9.24. The number of hydrogen-bond donors (Lipinski definition) is 0. The molecule has 4 unspecified atom stereocenters. The highest BCUT2D eigenvalue weighted by atomic mass is 14.4. The van der Waals surface area contributed by atoms with E-state index in [9.17, 15) is 0 Å². The van der Waals surface area contributed by atoms with E-state index in [0.29, 0.717) is 0 Å². The monoisotopic (exact) mass is 340 g/mol. The van der Waals surface area contributed by atoms with Crippen molar-refractivity contribution in [2.45, 2.75) is 96.8 Å². The van der Waals surface area contributed by atoms with Crippen LogP contribution in [0.25, 0.3) is 0 Å². The van der Waals surface area contributed by atoms with Crippen LogP contribution in [0.3, 0.4) is 0 Å². The zero-order valence-corrected chi connectivity index (χ0v) is 16.7. The second-order valence-electron chi connectivity index (χ2n) is 9.37. The average molecular weight is 341 g/mol. The molecule has 3 rings (SSSR count). The maximum Gasteiger partial charge on any atom is -0.0111 e. The molecule has 3 aliphatic carbocycles. The number of hydrogen-bond acceptors (Lipinski definition) is 0. The van der Waals surface area contributed by atoms with Gasteiger partial charge in [0.2, 0.25) is 0 Å². The average Bonchev–Trinajstić information content (AvgIpc) is 3.38. The molecule has 0 aromatic rings. The summed E-state index contributed by atoms with van der Waals surface area (Å²) in [6.45, 7) is 11.1. The van der Waals surface area contributed by atoms with Crippen molar-refractivity contribution >= 4 is 0 Å². The Balaban J connectivity index is 1.32. The van der Waals surface area contributed by atoms with E-state index in [-0.39, 0.29) is 0 Å². The van der Waals surface area contributed by atoms with Crippen LogP contribution in [0.2, 0.25) is 0 Å². The van der Waals surface area contributed by atoms with Crippen LogP contribution in [0.4, 0.5) is 0 Å². The third kappa shape index (κ3) is 5.87. The van der Waals surface area contributed by atoms with Gasteiger partial charge in [-0.1, -0.05) is 81.4 Å². The van der Waals surface area contributed by atoms with E-state index < -0.39 is 0 Å². The minimum absolute atomic E-state index is 0.979. The van der Waals surface area contributed by atoms with Crippen molar-refractivity contribution < 1.29 is 0 Å². The Bertz CT molecular complexity index is 492. The predicted octanol–water partition coefficient (Wildman–Crippen LogP) is 8.01. The molecule has 0 nitrogen and oxygen atoms in total. The summed E-state index contributed by atoms with van der Waals surface area (Å²) in [4.78, 5) is 0. The van der Waals surface area contributed by atoms with Gasteiger partial charge in [0.15, 0.2) is 0 Å². The first-order valence-electron chi connectivity index (χ1n) is 11.2. The first-order chi connectivity index (χ1) is 12.2. The van der Waals surface area contributed by atoms with Crippen LogP contribution < -0.4 is 0 Å². The van der Waals surface area contributed by atoms with Crippen molar-refractivity contribution in [2.75, 3.05) is 0 Å². The van der Waals surface area contributed by atoms with Crippen molar-refractivity contribution in [1.29, 1.82) is 0 Å². The molecular weight excluding hydrogens is 300 g/mol. The van der Waals surface area contributed by atoms with Gasteiger partial charge in [-0.3, -0.25) is 0 Å². The molecule has 140 valence electrons. The molecule has 4 atom stereocenters. The third-order valence-corrected chi connectivity index (χ3v) is 7.21. The molecule has 0 saturated heterocycles. The zero-order valence-electron chi connectivity index (χ0n) is 16.7. The number of rotatable bonds is 10. The maximum atomic E-state index is 4.39. The van der Waals surface area contributed by atoms with Crippen LogP contribution in [-0.4, -0.2) is 0 Å². The van der Waals surface area contributed by atoms with E-state index in [0.717, 1.165) is 36.5 Å². The lowest BCUT2D eigenvalue weighted by Gasteiger charge is -2.31. The summed E-state index contributed by atoms with van der Waals surface area (Å²) in [6.07, 6.45) is 21.6. The molecule has 25 heavy (non-hydrogen) atoms. The SMILES string of the molecule is C=C(CCC(=C)CC1=CCC2CC2C1)CCC1CCCCC1CCC. The Hall–Kier alpha value is -0.780. The smallest absolute Gasteiger partial charge is 0.0111 e. The highest BCUT2D eigenvalue weighted by Crippen LogP contribution is 2.50. The van der Waals surface area contributed by atoms with Crippen LogP contribution in [-0.2, 0) is 0 Å². The Morgan fingerprint density at radius 3 is 2.40 bits per heavy atom.